The minimum absolute atomic E-state index is 0.0157. The maximum Gasteiger partial charge on any atom is 0.179 e. The highest BCUT2D eigenvalue weighted by atomic mass is 19.1. The van der Waals surface area contributed by atoms with Crippen molar-refractivity contribution in [3.8, 4) is 0 Å². The van der Waals surface area contributed by atoms with Gasteiger partial charge in [0.05, 0.1) is 6.04 Å². The summed E-state index contributed by atoms with van der Waals surface area (Å²) >= 11 is 0. The molecule has 0 fully saturated rings. The Labute approximate surface area is 118 Å². The summed E-state index contributed by atoms with van der Waals surface area (Å²) < 4.78 is 12.8. The molecule has 1 unspecified atom stereocenters. The lowest BCUT2D eigenvalue weighted by atomic mass is 10.1. The Morgan fingerprint density at radius 1 is 1.10 bits per heavy atom. The van der Waals surface area contributed by atoms with Crippen molar-refractivity contribution in [2.75, 3.05) is 6.54 Å². The highest BCUT2D eigenvalue weighted by Crippen LogP contribution is 2.06. The van der Waals surface area contributed by atoms with E-state index < -0.39 is 0 Å². The van der Waals surface area contributed by atoms with E-state index in [0.29, 0.717) is 5.56 Å². The van der Waals surface area contributed by atoms with Gasteiger partial charge in [-0.05, 0) is 49.7 Å². The van der Waals surface area contributed by atoms with E-state index in [1.54, 1.807) is 0 Å². The van der Waals surface area contributed by atoms with Gasteiger partial charge in [0.2, 0.25) is 0 Å². The van der Waals surface area contributed by atoms with E-state index in [1.807, 2.05) is 25.1 Å². The zero-order chi connectivity index (χ0) is 14.4. The van der Waals surface area contributed by atoms with Crippen molar-refractivity contribution in [3.63, 3.8) is 0 Å². The Morgan fingerprint density at radius 3 is 2.40 bits per heavy atom. The van der Waals surface area contributed by atoms with Crippen LogP contribution in [0.15, 0.2) is 54.6 Å². The maximum atomic E-state index is 12.8. The first kappa shape index (κ1) is 14.4. The van der Waals surface area contributed by atoms with Crippen molar-refractivity contribution in [1.29, 1.82) is 0 Å². The van der Waals surface area contributed by atoms with Crippen LogP contribution in [0.1, 0.15) is 22.8 Å². The standard InChI is InChI=1S/C17H18FNO/c1-13(17(20)15-7-9-16(18)10-8-15)19-12-11-14-5-3-2-4-6-14/h2-10,13,19H,11-12H2,1H3. The van der Waals surface area contributed by atoms with E-state index >= 15 is 0 Å². The van der Waals surface area contributed by atoms with Gasteiger partial charge in [-0.2, -0.15) is 0 Å². The predicted molar refractivity (Wildman–Crippen MR) is 78.3 cm³/mol. The molecule has 0 spiro atoms. The number of benzene rings is 2. The molecule has 0 amide bonds. The summed E-state index contributed by atoms with van der Waals surface area (Å²) in [6.45, 7) is 2.56. The molecule has 0 bridgehead atoms. The third-order valence-electron chi connectivity index (χ3n) is 3.23. The minimum atomic E-state index is -0.328. The van der Waals surface area contributed by atoms with Gasteiger partial charge in [-0.25, -0.2) is 4.39 Å². The minimum Gasteiger partial charge on any atom is -0.307 e. The summed E-state index contributed by atoms with van der Waals surface area (Å²) in [6, 6.07) is 15.5. The van der Waals surface area contributed by atoms with Gasteiger partial charge in [-0.1, -0.05) is 30.3 Å². The average molecular weight is 271 g/mol. The average Bonchev–Trinajstić information content (AvgIpc) is 2.48. The molecule has 104 valence electrons. The highest BCUT2D eigenvalue weighted by Gasteiger charge is 2.14. The van der Waals surface area contributed by atoms with E-state index in [2.05, 4.69) is 17.4 Å². The predicted octanol–water partition coefficient (Wildman–Crippen LogP) is 3.23. The topological polar surface area (TPSA) is 29.1 Å². The third-order valence-corrected chi connectivity index (χ3v) is 3.23. The molecule has 1 atom stereocenters. The summed E-state index contributed by atoms with van der Waals surface area (Å²) in [7, 11) is 0. The molecule has 0 aliphatic carbocycles. The normalized spacial score (nSPS) is 12.1. The van der Waals surface area contributed by atoms with Crippen molar-refractivity contribution in [1.82, 2.24) is 5.32 Å². The number of nitrogens with one attached hydrogen (secondary N) is 1. The molecule has 0 aliphatic rings. The number of hydrogen-bond acceptors (Lipinski definition) is 2. The van der Waals surface area contributed by atoms with Crippen LogP contribution < -0.4 is 5.32 Å². The van der Waals surface area contributed by atoms with Crippen LogP contribution in [-0.2, 0) is 6.42 Å². The smallest absolute Gasteiger partial charge is 0.179 e. The molecule has 0 saturated carbocycles. The van der Waals surface area contributed by atoms with E-state index in [1.165, 1.54) is 29.8 Å². The lowest BCUT2D eigenvalue weighted by molar-refractivity contribution is 0.0951. The first-order valence-electron chi connectivity index (χ1n) is 6.74. The number of ketones is 1. The Morgan fingerprint density at radius 2 is 1.75 bits per heavy atom. The summed E-state index contributed by atoms with van der Waals surface area (Å²) in [4.78, 5) is 12.1. The second-order valence-corrected chi connectivity index (χ2v) is 4.78. The van der Waals surface area contributed by atoms with Gasteiger partial charge < -0.3 is 5.32 Å². The Balaban J connectivity index is 1.84. The number of carbonyl (C=O) groups is 1. The zero-order valence-electron chi connectivity index (χ0n) is 11.5. The second-order valence-electron chi connectivity index (χ2n) is 4.78. The van der Waals surface area contributed by atoms with Gasteiger partial charge in [-0.15, -0.1) is 0 Å². The van der Waals surface area contributed by atoms with Crippen molar-refractivity contribution >= 4 is 5.78 Å². The van der Waals surface area contributed by atoms with E-state index in [0.717, 1.165) is 13.0 Å². The van der Waals surface area contributed by atoms with Crippen molar-refractivity contribution in [3.05, 3.63) is 71.5 Å². The Hall–Kier alpha value is -2.00. The lowest BCUT2D eigenvalue weighted by Crippen LogP contribution is -2.35. The molecule has 0 heterocycles. The van der Waals surface area contributed by atoms with Crippen LogP contribution in [0.3, 0.4) is 0 Å². The van der Waals surface area contributed by atoms with Crippen LogP contribution in [0.4, 0.5) is 4.39 Å². The first-order chi connectivity index (χ1) is 9.66. The van der Waals surface area contributed by atoms with Crippen molar-refractivity contribution < 1.29 is 9.18 Å². The number of halogens is 1. The fraction of sp³-hybridized carbons (Fsp3) is 0.235. The van der Waals surface area contributed by atoms with Gasteiger partial charge >= 0.3 is 0 Å². The molecule has 0 aliphatic heterocycles. The van der Waals surface area contributed by atoms with Crippen molar-refractivity contribution in [2.24, 2.45) is 0 Å². The van der Waals surface area contributed by atoms with Crippen LogP contribution in [0.2, 0.25) is 0 Å². The van der Waals surface area contributed by atoms with Crippen LogP contribution in [-0.4, -0.2) is 18.4 Å². The zero-order valence-corrected chi connectivity index (χ0v) is 11.5. The van der Waals surface area contributed by atoms with Gasteiger partial charge in [0.1, 0.15) is 5.82 Å². The molecule has 20 heavy (non-hydrogen) atoms. The molecule has 0 saturated heterocycles. The summed E-state index contributed by atoms with van der Waals surface area (Å²) in [5, 5.41) is 3.20. The van der Waals surface area contributed by atoms with Crippen LogP contribution in [0.5, 0.6) is 0 Å². The third kappa shape index (κ3) is 4.00. The highest BCUT2D eigenvalue weighted by molar-refractivity contribution is 5.99. The lowest BCUT2D eigenvalue weighted by Gasteiger charge is -2.12. The Bertz CT molecular complexity index is 551. The molecule has 2 aromatic carbocycles. The molecule has 0 aromatic heterocycles. The summed E-state index contributed by atoms with van der Waals surface area (Å²) in [5.74, 6) is -0.343. The van der Waals surface area contributed by atoms with Gasteiger partial charge in [-0.3, -0.25) is 4.79 Å². The van der Waals surface area contributed by atoms with E-state index in [-0.39, 0.29) is 17.6 Å². The second kappa shape index (κ2) is 6.96. The molecule has 2 aromatic rings. The molecule has 1 N–H and O–H groups in total. The summed E-state index contributed by atoms with van der Waals surface area (Å²) in [5.41, 5.74) is 1.77. The maximum absolute atomic E-state index is 12.8. The van der Waals surface area contributed by atoms with E-state index in [9.17, 15) is 9.18 Å². The quantitative estimate of drug-likeness (QED) is 0.817. The molecule has 2 nitrogen and oxygen atoms in total. The van der Waals surface area contributed by atoms with Gasteiger partial charge in [0, 0.05) is 5.56 Å². The molecule has 2 rings (SSSR count). The number of rotatable bonds is 6. The van der Waals surface area contributed by atoms with Gasteiger partial charge in [0.15, 0.2) is 5.78 Å². The largest absolute Gasteiger partial charge is 0.307 e. The van der Waals surface area contributed by atoms with Crippen LogP contribution in [0.25, 0.3) is 0 Å². The first-order valence-corrected chi connectivity index (χ1v) is 6.74. The fourth-order valence-corrected chi connectivity index (χ4v) is 2.03. The monoisotopic (exact) mass is 271 g/mol. The fourth-order valence-electron chi connectivity index (χ4n) is 2.03. The number of carbonyl (C=O) groups excluding carboxylic acids is 1. The van der Waals surface area contributed by atoms with E-state index in [4.69, 9.17) is 0 Å². The molecule has 0 radical (unpaired) electrons. The van der Waals surface area contributed by atoms with Crippen molar-refractivity contribution in [2.45, 2.75) is 19.4 Å². The SMILES string of the molecule is CC(NCCc1ccccc1)C(=O)c1ccc(F)cc1. The number of Topliss-reactive ketones (excluding diaryl/α,β-unsaturated/α-hetero) is 1. The van der Waals surface area contributed by atoms with Crippen LogP contribution >= 0.6 is 0 Å². The van der Waals surface area contributed by atoms with Crippen LogP contribution in [0, 0.1) is 5.82 Å². The number of hydrogen-bond donors (Lipinski definition) is 1. The Kier molecular flexibility index (Phi) is 5.02. The van der Waals surface area contributed by atoms with Gasteiger partial charge in [0.25, 0.3) is 0 Å². The summed E-state index contributed by atoms with van der Waals surface area (Å²) in [6.07, 6.45) is 0.877. The molecule has 3 heteroatoms. The molecular weight excluding hydrogens is 253 g/mol. The molecular formula is C17H18FNO.